The molecule has 1 aliphatic carbocycles. The lowest BCUT2D eigenvalue weighted by molar-refractivity contribution is -0.147. The number of hydrogen-bond acceptors (Lipinski definition) is 5. The molecule has 0 fully saturated rings. The molecule has 0 unspecified atom stereocenters. The van der Waals surface area contributed by atoms with Crippen LogP contribution in [-0.4, -0.2) is 31.3 Å². The number of halogens is 1. The van der Waals surface area contributed by atoms with Crippen LogP contribution in [0.15, 0.2) is 78.9 Å². The second-order valence-electron chi connectivity index (χ2n) is 7.35. The number of hydrogen-bond donors (Lipinski definition) is 2. The van der Waals surface area contributed by atoms with Crippen molar-refractivity contribution in [1.82, 2.24) is 5.32 Å². The minimum Gasteiger partial charge on any atom is -0.459 e. The first-order chi connectivity index (χ1) is 15.2. The highest BCUT2D eigenvalue weighted by atomic mass is 35.5. The van der Waals surface area contributed by atoms with Crippen molar-refractivity contribution in [2.24, 2.45) is 5.73 Å². The van der Waals surface area contributed by atoms with E-state index in [-0.39, 0.29) is 38.1 Å². The maximum absolute atomic E-state index is 12.4. The molecule has 0 saturated heterocycles. The lowest BCUT2D eigenvalue weighted by Crippen LogP contribution is -2.47. The normalized spacial score (nSPS) is 12.7. The molecular formula is C25H25ClN2O4. The Bertz CT molecular complexity index is 1030. The minimum absolute atomic E-state index is 0. The number of rotatable bonds is 7. The fourth-order valence-corrected chi connectivity index (χ4v) is 3.83. The quantitative estimate of drug-likeness (QED) is 0.528. The highest BCUT2D eigenvalue weighted by Gasteiger charge is 2.29. The molecule has 0 bridgehead atoms. The summed E-state index contributed by atoms with van der Waals surface area (Å²) in [6.45, 7) is 0.191. The van der Waals surface area contributed by atoms with Gasteiger partial charge in [0, 0.05) is 12.5 Å². The molecule has 0 aliphatic heterocycles. The Morgan fingerprint density at radius 1 is 0.844 bits per heavy atom. The Hall–Kier alpha value is -3.35. The molecule has 166 valence electrons. The van der Waals surface area contributed by atoms with Crippen LogP contribution in [-0.2, 0) is 20.9 Å². The monoisotopic (exact) mass is 452 g/mol. The molecule has 32 heavy (non-hydrogen) atoms. The van der Waals surface area contributed by atoms with Gasteiger partial charge in [-0.1, -0.05) is 78.9 Å². The SMILES string of the molecule is Cl.NC[C@H](NC(=O)OCC1c2ccccc2-c2ccccc21)C(=O)OCc1ccccc1. The second kappa shape index (κ2) is 10.8. The predicted octanol–water partition coefficient (Wildman–Crippen LogP) is 4.02. The summed E-state index contributed by atoms with van der Waals surface area (Å²) in [4.78, 5) is 24.7. The molecule has 0 spiro atoms. The maximum atomic E-state index is 12.4. The molecule has 4 rings (SSSR count). The van der Waals surface area contributed by atoms with Crippen molar-refractivity contribution in [2.45, 2.75) is 18.6 Å². The van der Waals surface area contributed by atoms with Crippen LogP contribution in [0.25, 0.3) is 11.1 Å². The zero-order valence-corrected chi connectivity index (χ0v) is 18.2. The van der Waals surface area contributed by atoms with Gasteiger partial charge in [0.1, 0.15) is 19.3 Å². The zero-order chi connectivity index (χ0) is 21.6. The molecule has 0 radical (unpaired) electrons. The Labute approximate surface area is 193 Å². The zero-order valence-electron chi connectivity index (χ0n) is 17.4. The molecule has 1 amide bonds. The number of benzene rings is 3. The number of amides is 1. The van der Waals surface area contributed by atoms with E-state index in [0.29, 0.717) is 0 Å². The molecular weight excluding hydrogens is 428 g/mol. The number of alkyl carbamates (subject to hydrolysis) is 1. The van der Waals surface area contributed by atoms with Gasteiger partial charge in [-0.2, -0.15) is 0 Å². The molecule has 0 saturated carbocycles. The first-order valence-electron chi connectivity index (χ1n) is 10.2. The van der Waals surface area contributed by atoms with Crippen molar-refractivity contribution < 1.29 is 19.1 Å². The molecule has 1 aliphatic rings. The van der Waals surface area contributed by atoms with Crippen LogP contribution in [0.5, 0.6) is 0 Å². The van der Waals surface area contributed by atoms with Crippen molar-refractivity contribution in [3.8, 4) is 11.1 Å². The van der Waals surface area contributed by atoms with Gasteiger partial charge in [0.15, 0.2) is 0 Å². The first kappa shape index (κ1) is 23.3. The van der Waals surface area contributed by atoms with Gasteiger partial charge in [-0.05, 0) is 27.8 Å². The highest BCUT2D eigenvalue weighted by Crippen LogP contribution is 2.44. The maximum Gasteiger partial charge on any atom is 0.407 e. The Balaban J connectivity index is 0.00000289. The van der Waals surface area contributed by atoms with E-state index in [2.05, 4.69) is 17.4 Å². The summed E-state index contributed by atoms with van der Waals surface area (Å²) in [6.07, 6.45) is -0.700. The van der Waals surface area contributed by atoms with Gasteiger partial charge < -0.3 is 20.5 Å². The third-order valence-electron chi connectivity index (χ3n) is 5.38. The summed E-state index contributed by atoms with van der Waals surface area (Å²) in [5, 5.41) is 2.51. The molecule has 3 aromatic carbocycles. The summed E-state index contributed by atoms with van der Waals surface area (Å²) in [5.74, 6) is -0.653. The number of nitrogens with one attached hydrogen (secondary N) is 1. The van der Waals surface area contributed by atoms with E-state index in [9.17, 15) is 9.59 Å². The Kier molecular flexibility index (Phi) is 7.87. The topological polar surface area (TPSA) is 90.6 Å². The van der Waals surface area contributed by atoms with Crippen molar-refractivity contribution in [2.75, 3.05) is 13.2 Å². The van der Waals surface area contributed by atoms with Crippen molar-refractivity contribution >= 4 is 24.5 Å². The Morgan fingerprint density at radius 3 is 2.00 bits per heavy atom. The van der Waals surface area contributed by atoms with Crippen LogP contribution in [0.1, 0.15) is 22.6 Å². The summed E-state index contributed by atoms with van der Waals surface area (Å²) in [7, 11) is 0. The van der Waals surface area contributed by atoms with Crippen LogP contribution in [0.3, 0.4) is 0 Å². The van der Waals surface area contributed by atoms with Crippen molar-refractivity contribution in [1.29, 1.82) is 0 Å². The number of carbonyl (C=O) groups is 2. The van der Waals surface area contributed by atoms with Crippen LogP contribution in [0.4, 0.5) is 4.79 Å². The minimum atomic E-state index is -0.973. The van der Waals surface area contributed by atoms with E-state index in [4.69, 9.17) is 15.2 Å². The lowest BCUT2D eigenvalue weighted by Gasteiger charge is -2.18. The summed E-state index contributed by atoms with van der Waals surface area (Å²) in [6, 6.07) is 24.5. The molecule has 3 aromatic rings. The van der Waals surface area contributed by atoms with Gasteiger partial charge >= 0.3 is 12.1 Å². The van der Waals surface area contributed by atoms with Gasteiger partial charge in [0.05, 0.1) is 0 Å². The molecule has 6 nitrogen and oxygen atoms in total. The number of fused-ring (bicyclic) bond motifs is 3. The third kappa shape index (κ3) is 5.10. The number of ether oxygens (including phenoxy) is 2. The van der Waals surface area contributed by atoms with Crippen LogP contribution in [0, 0.1) is 0 Å². The molecule has 0 aromatic heterocycles. The van der Waals surface area contributed by atoms with Gasteiger partial charge in [0.2, 0.25) is 0 Å². The molecule has 7 heteroatoms. The standard InChI is InChI=1S/C25H24N2O4.ClH/c26-14-23(24(28)30-15-17-8-2-1-3-9-17)27-25(29)31-16-22-20-12-6-4-10-18(20)19-11-5-7-13-21(19)22;/h1-13,22-23H,14-16,26H2,(H,27,29);1H/t23-;/m0./s1. The number of esters is 1. The number of nitrogens with two attached hydrogens (primary N) is 1. The average Bonchev–Trinajstić information content (AvgIpc) is 3.14. The largest absolute Gasteiger partial charge is 0.459 e. The van der Waals surface area contributed by atoms with Crippen LogP contribution < -0.4 is 11.1 Å². The smallest absolute Gasteiger partial charge is 0.407 e. The van der Waals surface area contributed by atoms with E-state index >= 15 is 0 Å². The summed E-state index contributed by atoms with van der Waals surface area (Å²) < 4.78 is 10.7. The summed E-state index contributed by atoms with van der Waals surface area (Å²) in [5.41, 5.74) is 11.1. The number of carbonyl (C=O) groups excluding carboxylic acids is 2. The van der Waals surface area contributed by atoms with Gasteiger partial charge in [-0.15, -0.1) is 12.4 Å². The van der Waals surface area contributed by atoms with E-state index in [1.165, 1.54) is 0 Å². The molecule has 0 heterocycles. The fourth-order valence-electron chi connectivity index (χ4n) is 3.83. The highest BCUT2D eigenvalue weighted by molar-refractivity contribution is 5.85. The van der Waals surface area contributed by atoms with Gasteiger partial charge in [0.25, 0.3) is 0 Å². The van der Waals surface area contributed by atoms with Crippen molar-refractivity contribution in [3.05, 3.63) is 95.6 Å². The van der Waals surface area contributed by atoms with E-state index < -0.39 is 18.1 Å². The molecule has 3 N–H and O–H groups in total. The second-order valence-corrected chi connectivity index (χ2v) is 7.35. The fraction of sp³-hybridized carbons (Fsp3) is 0.200. The van der Waals surface area contributed by atoms with Gasteiger partial charge in [-0.25, -0.2) is 9.59 Å². The average molecular weight is 453 g/mol. The Morgan fingerprint density at radius 2 is 1.41 bits per heavy atom. The van der Waals surface area contributed by atoms with Crippen LogP contribution >= 0.6 is 12.4 Å². The summed E-state index contributed by atoms with van der Waals surface area (Å²) >= 11 is 0. The van der Waals surface area contributed by atoms with Gasteiger partial charge in [-0.3, -0.25) is 0 Å². The predicted molar refractivity (Wildman–Crippen MR) is 125 cm³/mol. The lowest BCUT2D eigenvalue weighted by atomic mass is 9.98. The van der Waals surface area contributed by atoms with Crippen molar-refractivity contribution in [3.63, 3.8) is 0 Å². The van der Waals surface area contributed by atoms with E-state index in [0.717, 1.165) is 27.8 Å². The first-order valence-corrected chi connectivity index (χ1v) is 10.2. The van der Waals surface area contributed by atoms with E-state index in [1.807, 2.05) is 66.7 Å². The van der Waals surface area contributed by atoms with E-state index in [1.54, 1.807) is 0 Å². The van der Waals surface area contributed by atoms with Crippen LogP contribution in [0.2, 0.25) is 0 Å². The molecule has 1 atom stereocenters. The third-order valence-corrected chi connectivity index (χ3v) is 5.38.